The first-order valence-electron chi connectivity index (χ1n) is 7.36. The molecular formula is C14H21F3N4O2. The van der Waals surface area contributed by atoms with Crippen LogP contribution in [0.25, 0.3) is 0 Å². The molecule has 0 fully saturated rings. The van der Waals surface area contributed by atoms with Crippen molar-refractivity contribution in [2.45, 2.75) is 51.9 Å². The van der Waals surface area contributed by atoms with E-state index in [0.717, 1.165) is 19.3 Å². The predicted octanol–water partition coefficient (Wildman–Crippen LogP) is 2.80. The van der Waals surface area contributed by atoms with Crippen molar-refractivity contribution in [3.63, 3.8) is 0 Å². The summed E-state index contributed by atoms with van der Waals surface area (Å²) in [6.07, 6.45) is -0.216. The molecule has 9 heteroatoms. The molecule has 1 atom stereocenters. The molecule has 0 radical (unpaired) electrons. The second kappa shape index (κ2) is 9.16. The second-order valence-corrected chi connectivity index (χ2v) is 5.09. The number of urea groups is 1. The van der Waals surface area contributed by atoms with Gasteiger partial charge in [-0.1, -0.05) is 19.8 Å². The van der Waals surface area contributed by atoms with Gasteiger partial charge in [-0.2, -0.15) is 18.2 Å². The van der Waals surface area contributed by atoms with Gasteiger partial charge in [-0.25, -0.2) is 9.78 Å². The van der Waals surface area contributed by atoms with Gasteiger partial charge < -0.3 is 15.4 Å². The molecule has 1 aromatic rings. The van der Waals surface area contributed by atoms with Crippen molar-refractivity contribution in [3.8, 4) is 5.88 Å². The molecule has 130 valence electrons. The first-order valence-corrected chi connectivity index (χ1v) is 7.36. The molecular weight excluding hydrogens is 313 g/mol. The normalized spacial score (nSPS) is 12.6. The minimum absolute atomic E-state index is 0.00442. The molecule has 6 nitrogen and oxygen atoms in total. The zero-order valence-corrected chi connectivity index (χ0v) is 13.1. The number of hydrogen-bond acceptors (Lipinski definition) is 4. The van der Waals surface area contributed by atoms with Gasteiger partial charge in [0.25, 0.3) is 0 Å². The Kier molecular flexibility index (Phi) is 7.56. The van der Waals surface area contributed by atoms with E-state index < -0.39 is 12.8 Å². The number of carbonyl (C=O) groups excluding carboxylic acids is 1. The molecule has 0 bridgehead atoms. The van der Waals surface area contributed by atoms with Crippen molar-refractivity contribution in [2.75, 3.05) is 6.61 Å². The summed E-state index contributed by atoms with van der Waals surface area (Å²) in [7, 11) is 0. The van der Waals surface area contributed by atoms with Crippen LogP contribution in [0.2, 0.25) is 0 Å². The predicted molar refractivity (Wildman–Crippen MR) is 77.9 cm³/mol. The Morgan fingerprint density at radius 3 is 2.83 bits per heavy atom. The van der Waals surface area contributed by atoms with Gasteiger partial charge in [-0.05, 0) is 13.3 Å². The number of halogens is 3. The van der Waals surface area contributed by atoms with E-state index in [-0.39, 0.29) is 30.3 Å². The van der Waals surface area contributed by atoms with E-state index in [1.165, 1.54) is 12.3 Å². The van der Waals surface area contributed by atoms with Gasteiger partial charge in [-0.3, -0.25) is 0 Å². The summed E-state index contributed by atoms with van der Waals surface area (Å²) in [6.45, 7) is 2.54. The smallest absolute Gasteiger partial charge is 0.422 e. The Morgan fingerprint density at radius 1 is 1.43 bits per heavy atom. The third-order valence-electron chi connectivity index (χ3n) is 2.84. The van der Waals surface area contributed by atoms with Gasteiger partial charge in [0.1, 0.15) is 0 Å². The first-order chi connectivity index (χ1) is 10.8. The molecule has 1 rings (SSSR count). The Hall–Kier alpha value is -2.06. The third kappa shape index (κ3) is 8.84. The van der Waals surface area contributed by atoms with Gasteiger partial charge in [0.05, 0.1) is 6.54 Å². The lowest BCUT2D eigenvalue weighted by Gasteiger charge is -2.14. The quantitative estimate of drug-likeness (QED) is 0.766. The van der Waals surface area contributed by atoms with E-state index in [4.69, 9.17) is 0 Å². The molecule has 0 aliphatic carbocycles. The Balaban J connectivity index is 2.41. The number of carbonyl (C=O) groups is 1. The largest absolute Gasteiger partial charge is 0.468 e. The molecule has 1 aromatic heterocycles. The van der Waals surface area contributed by atoms with E-state index in [2.05, 4.69) is 32.3 Å². The summed E-state index contributed by atoms with van der Waals surface area (Å²) in [6, 6.07) is 0.887. The molecule has 0 saturated heterocycles. The molecule has 0 spiro atoms. The summed E-state index contributed by atoms with van der Waals surface area (Å²) in [4.78, 5) is 19.3. The molecule has 1 heterocycles. The highest BCUT2D eigenvalue weighted by molar-refractivity contribution is 5.74. The SMILES string of the molecule is CCCCC(C)NC(=O)NCc1nccc(OCC(F)(F)F)n1. The average Bonchev–Trinajstić information content (AvgIpc) is 2.49. The lowest BCUT2D eigenvalue weighted by molar-refractivity contribution is -0.154. The van der Waals surface area contributed by atoms with Crippen LogP contribution in [0.3, 0.4) is 0 Å². The van der Waals surface area contributed by atoms with Crippen LogP contribution in [0, 0.1) is 0 Å². The third-order valence-corrected chi connectivity index (χ3v) is 2.84. The van der Waals surface area contributed by atoms with Crippen LogP contribution in [0.5, 0.6) is 5.88 Å². The highest BCUT2D eigenvalue weighted by atomic mass is 19.4. The lowest BCUT2D eigenvalue weighted by Crippen LogP contribution is -2.40. The molecule has 0 aliphatic rings. The maximum Gasteiger partial charge on any atom is 0.422 e. The van der Waals surface area contributed by atoms with E-state index in [1.807, 2.05) is 6.92 Å². The van der Waals surface area contributed by atoms with Gasteiger partial charge >= 0.3 is 12.2 Å². The minimum Gasteiger partial charge on any atom is -0.468 e. The average molecular weight is 334 g/mol. The molecule has 0 aliphatic heterocycles. The van der Waals surface area contributed by atoms with Gasteiger partial charge in [0, 0.05) is 18.3 Å². The summed E-state index contributed by atoms with van der Waals surface area (Å²) in [5.41, 5.74) is 0. The summed E-state index contributed by atoms with van der Waals surface area (Å²) in [5, 5.41) is 5.31. The van der Waals surface area contributed by atoms with Crippen LogP contribution in [0.4, 0.5) is 18.0 Å². The Labute approximate surface area is 132 Å². The highest BCUT2D eigenvalue weighted by Crippen LogP contribution is 2.16. The second-order valence-electron chi connectivity index (χ2n) is 5.09. The molecule has 2 amide bonds. The molecule has 0 saturated carbocycles. The monoisotopic (exact) mass is 334 g/mol. The zero-order valence-electron chi connectivity index (χ0n) is 13.1. The number of ether oxygens (including phenoxy) is 1. The van der Waals surface area contributed by atoms with Crippen LogP contribution in [-0.2, 0) is 6.54 Å². The zero-order chi connectivity index (χ0) is 17.3. The first kappa shape index (κ1) is 19.0. The summed E-state index contributed by atoms with van der Waals surface area (Å²) < 4.78 is 40.7. The number of nitrogens with zero attached hydrogens (tertiary/aromatic N) is 2. The van der Waals surface area contributed by atoms with Crippen molar-refractivity contribution in [1.82, 2.24) is 20.6 Å². The van der Waals surface area contributed by atoms with Crippen molar-refractivity contribution in [2.24, 2.45) is 0 Å². The standard InChI is InChI=1S/C14H21F3N4O2/c1-3-4-5-10(2)20-13(22)19-8-11-18-7-6-12(21-11)23-9-14(15,16)17/h6-7,10H,3-5,8-9H2,1-2H3,(H2,19,20,22). The van der Waals surface area contributed by atoms with Crippen molar-refractivity contribution in [1.29, 1.82) is 0 Å². The number of nitrogens with one attached hydrogen (secondary N) is 2. The minimum atomic E-state index is -4.43. The van der Waals surface area contributed by atoms with Crippen molar-refractivity contribution < 1.29 is 22.7 Å². The maximum absolute atomic E-state index is 12.1. The molecule has 0 aromatic carbocycles. The van der Waals surface area contributed by atoms with Crippen LogP contribution in [-0.4, -0.2) is 34.8 Å². The Morgan fingerprint density at radius 2 is 2.17 bits per heavy atom. The van der Waals surface area contributed by atoms with Gasteiger partial charge in [0.15, 0.2) is 12.4 Å². The Bertz CT molecular complexity index is 497. The van der Waals surface area contributed by atoms with E-state index in [9.17, 15) is 18.0 Å². The fourth-order valence-electron chi connectivity index (χ4n) is 1.72. The number of unbranched alkanes of at least 4 members (excludes halogenated alkanes) is 1. The topological polar surface area (TPSA) is 76.1 Å². The number of rotatable bonds is 8. The molecule has 1 unspecified atom stereocenters. The molecule has 2 N–H and O–H groups in total. The maximum atomic E-state index is 12.1. The van der Waals surface area contributed by atoms with Crippen LogP contribution in [0.1, 0.15) is 38.9 Å². The van der Waals surface area contributed by atoms with E-state index >= 15 is 0 Å². The van der Waals surface area contributed by atoms with Crippen molar-refractivity contribution >= 4 is 6.03 Å². The van der Waals surface area contributed by atoms with E-state index in [1.54, 1.807) is 0 Å². The van der Waals surface area contributed by atoms with Crippen LogP contribution < -0.4 is 15.4 Å². The van der Waals surface area contributed by atoms with Gasteiger partial charge in [-0.15, -0.1) is 0 Å². The van der Waals surface area contributed by atoms with Crippen molar-refractivity contribution in [3.05, 3.63) is 18.1 Å². The fraction of sp³-hybridized carbons (Fsp3) is 0.643. The summed E-state index contributed by atoms with van der Waals surface area (Å²) >= 11 is 0. The lowest BCUT2D eigenvalue weighted by atomic mass is 10.1. The number of hydrogen-bond donors (Lipinski definition) is 2. The number of aromatic nitrogens is 2. The van der Waals surface area contributed by atoms with Crippen LogP contribution >= 0.6 is 0 Å². The van der Waals surface area contributed by atoms with Gasteiger partial charge in [0.2, 0.25) is 5.88 Å². The van der Waals surface area contributed by atoms with Crippen LogP contribution in [0.15, 0.2) is 12.3 Å². The number of amides is 2. The molecule has 23 heavy (non-hydrogen) atoms. The van der Waals surface area contributed by atoms with E-state index in [0.29, 0.717) is 0 Å². The highest BCUT2D eigenvalue weighted by Gasteiger charge is 2.28. The fourth-order valence-corrected chi connectivity index (χ4v) is 1.72. The summed E-state index contributed by atoms with van der Waals surface area (Å²) in [5.74, 6) is -0.0214. The number of alkyl halides is 3.